The molecule has 8 heteroatoms. The zero-order chi connectivity index (χ0) is 14.9. The fourth-order valence-corrected chi connectivity index (χ4v) is 3.81. The molecule has 1 unspecified atom stereocenters. The van der Waals surface area contributed by atoms with Crippen molar-refractivity contribution >= 4 is 21.4 Å². The van der Waals surface area contributed by atoms with E-state index in [2.05, 4.69) is 10.1 Å². The molecule has 0 bridgehead atoms. The van der Waals surface area contributed by atoms with E-state index < -0.39 is 39.0 Å². The highest BCUT2D eigenvalue weighted by atomic mass is 32.2. The second-order valence-electron chi connectivity index (χ2n) is 4.56. The number of sulfone groups is 1. The largest absolute Gasteiger partial charge is 0.491 e. The summed E-state index contributed by atoms with van der Waals surface area (Å²) in [5.41, 5.74) is -0.0740. The lowest BCUT2D eigenvalue weighted by molar-refractivity contribution is -0.119. The predicted octanol–water partition coefficient (Wildman–Crippen LogP) is 1.35. The Balaban J connectivity index is 2.13. The van der Waals surface area contributed by atoms with Crippen LogP contribution in [0.2, 0.25) is 0 Å². The molecular formula is C12H13F2NO4S. The van der Waals surface area contributed by atoms with Gasteiger partial charge in [0.1, 0.15) is 0 Å². The second-order valence-corrected chi connectivity index (χ2v) is 6.79. The molecule has 1 heterocycles. The van der Waals surface area contributed by atoms with E-state index in [-0.39, 0.29) is 23.6 Å². The first-order valence-corrected chi connectivity index (χ1v) is 7.69. The van der Waals surface area contributed by atoms with Gasteiger partial charge in [-0.3, -0.25) is 4.79 Å². The minimum atomic E-state index is -3.19. The molecule has 1 atom stereocenters. The number of carbonyl (C=O) groups is 1. The molecule has 0 spiro atoms. The predicted molar refractivity (Wildman–Crippen MR) is 68.3 cm³/mol. The zero-order valence-electron chi connectivity index (χ0n) is 10.7. The van der Waals surface area contributed by atoms with Crippen molar-refractivity contribution in [3.8, 4) is 5.75 Å². The molecule has 110 valence electrons. The Morgan fingerprint density at radius 2 is 1.95 bits per heavy atom. The van der Waals surface area contributed by atoms with E-state index in [1.807, 2.05) is 0 Å². The summed E-state index contributed by atoms with van der Waals surface area (Å²) in [7, 11) is -2.06. The van der Waals surface area contributed by atoms with E-state index in [9.17, 15) is 22.0 Å². The molecule has 0 aromatic heterocycles. The Bertz CT molecular complexity index is 622. The smallest absolute Gasteiger partial charge is 0.228 e. The Kier molecular flexibility index (Phi) is 3.94. The maximum absolute atomic E-state index is 13.4. The van der Waals surface area contributed by atoms with E-state index in [1.165, 1.54) is 0 Å². The molecule has 1 aliphatic rings. The van der Waals surface area contributed by atoms with Crippen LogP contribution in [0.4, 0.5) is 14.5 Å². The van der Waals surface area contributed by atoms with Crippen LogP contribution in [-0.4, -0.2) is 32.9 Å². The van der Waals surface area contributed by atoms with Crippen LogP contribution in [0.25, 0.3) is 0 Å². The first-order chi connectivity index (χ1) is 9.32. The first-order valence-electron chi connectivity index (χ1n) is 5.87. The average Bonchev–Trinajstić information content (AvgIpc) is 2.69. The zero-order valence-corrected chi connectivity index (χ0v) is 11.5. The monoisotopic (exact) mass is 305 g/mol. The molecule has 1 aliphatic heterocycles. The molecule has 1 fully saturated rings. The molecule has 0 saturated carbocycles. The Morgan fingerprint density at radius 3 is 2.40 bits per heavy atom. The lowest BCUT2D eigenvalue weighted by atomic mass is 10.1. The van der Waals surface area contributed by atoms with Crippen molar-refractivity contribution < 1.29 is 26.7 Å². The summed E-state index contributed by atoms with van der Waals surface area (Å²) in [6, 6.07) is 1.84. The Labute approximate surface area is 114 Å². The van der Waals surface area contributed by atoms with Gasteiger partial charge in [-0.1, -0.05) is 0 Å². The normalized spacial score (nSPS) is 20.6. The van der Waals surface area contributed by atoms with Gasteiger partial charge in [-0.15, -0.1) is 0 Å². The van der Waals surface area contributed by atoms with Crippen LogP contribution in [0.1, 0.15) is 6.42 Å². The third-order valence-electron chi connectivity index (χ3n) is 3.07. The van der Waals surface area contributed by atoms with Gasteiger partial charge < -0.3 is 10.1 Å². The van der Waals surface area contributed by atoms with Gasteiger partial charge in [-0.25, -0.2) is 17.2 Å². The van der Waals surface area contributed by atoms with Gasteiger partial charge >= 0.3 is 0 Å². The number of hydrogen-bond donors (Lipinski definition) is 1. The summed E-state index contributed by atoms with van der Waals surface area (Å²) in [6.07, 6.45) is 0.218. The van der Waals surface area contributed by atoms with Gasteiger partial charge in [0, 0.05) is 17.8 Å². The molecule has 0 aliphatic carbocycles. The van der Waals surface area contributed by atoms with Gasteiger partial charge in [0.15, 0.2) is 27.2 Å². The average molecular weight is 305 g/mol. The number of hydrogen-bond acceptors (Lipinski definition) is 4. The number of rotatable bonds is 3. The van der Waals surface area contributed by atoms with Gasteiger partial charge in [-0.2, -0.15) is 0 Å². The molecule has 1 saturated heterocycles. The lowest BCUT2D eigenvalue weighted by Crippen LogP contribution is -2.23. The molecule has 20 heavy (non-hydrogen) atoms. The van der Waals surface area contributed by atoms with Crippen molar-refractivity contribution in [2.75, 3.05) is 23.9 Å². The number of nitrogens with one attached hydrogen (secondary N) is 1. The highest BCUT2D eigenvalue weighted by Gasteiger charge is 2.33. The van der Waals surface area contributed by atoms with E-state index in [1.54, 1.807) is 0 Å². The topological polar surface area (TPSA) is 72.5 Å². The van der Waals surface area contributed by atoms with E-state index in [0.717, 1.165) is 19.2 Å². The van der Waals surface area contributed by atoms with Crippen LogP contribution in [-0.2, 0) is 14.6 Å². The van der Waals surface area contributed by atoms with Crippen molar-refractivity contribution in [2.45, 2.75) is 6.42 Å². The van der Waals surface area contributed by atoms with Gasteiger partial charge in [0.05, 0.1) is 24.5 Å². The quantitative estimate of drug-likeness (QED) is 0.915. The van der Waals surface area contributed by atoms with E-state index >= 15 is 0 Å². The second kappa shape index (κ2) is 5.35. The van der Waals surface area contributed by atoms with Crippen LogP contribution in [0.3, 0.4) is 0 Å². The standard InChI is InChI=1S/C12H13F2NO4S/c1-19-11-9(13)4-8(5-10(11)14)15-12(16)7-2-3-20(17,18)6-7/h4-5,7H,2-3,6H2,1H3,(H,15,16). The molecule has 2 rings (SSSR count). The van der Waals surface area contributed by atoms with Gasteiger partial charge in [0.25, 0.3) is 0 Å². The summed E-state index contributed by atoms with van der Waals surface area (Å²) < 4.78 is 54.0. The van der Waals surface area contributed by atoms with Crippen molar-refractivity contribution in [1.82, 2.24) is 0 Å². The van der Waals surface area contributed by atoms with Crippen LogP contribution < -0.4 is 10.1 Å². The molecule has 1 aromatic rings. The maximum atomic E-state index is 13.4. The van der Waals surface area contributed by atoms with Crippen molar-refractivity contribution in [2.24, 2.45) is 5.92 Å². The number of benzene rings is 1. The van der Waals surface area contributed by atoms with Crippen molar-refractivity contribution in [3.63, 3.8) is 0 Å². The van der Waals surface area contributed by atoms with Crippen molar-refractivity contribution in [1.29, 1.82) is 0 Å². The highest BCUT2D eigenvalue weighted by molar-refractivity contribution is 7.91. The maximum Gasteiger partial charge on any atom is 0.228 e. The van der Waals surface area contributed by atoms with Crippen LogP contribution in [0.5, 0.6) is 5.75 Å². The molecule has 1 N–H and O–H groups in total. The van der Waals surface area contributed by atoms with Crippen molar-refractivity contribution in [3.05, 3.63) is 23.8 Å². The summed E-state index contributed by atoms with van der Waals surface area (Å²) in [6.45, 7) is 0. The number of ether oxygens (including phenoxy) is 1. The third-order valence-corrected chi connectivity index (χ3v) is 4.84. The number of methoxy groups -OCH3 is 1. The number of amides is 1. The third kappa shape index (κ3) is 3.06. The van der Waals surface area contributed by atoms with Crippen LogP contribution in [0.15, 0.2) is 12.1 Å². The fourth-order valence-electron chi connectivity index (χ4n) is 2.07. The molecule has 1 amide bonds. The minimum absolute atomic E-state index is 0.0452. The summed E-state index contributed by atoms with van der Waals surface area (Å²) in [5, 5.41) is 2.32. The SMILES string of the molecule is COc1c(F)cc(NC(=O)C2CCS(=O)(=O)C2)cc1F. The fraction of sp³-hybridized carbons (Fsp3) is 0.417. The highest BCUT2D eigenvalue weighted by Crippen LogP contribution is 2.26. The molecule has 0 radical (unpaired) electrons. The van der Waals surface area contributed by atoms with Gasteiger partial charge in [0.2, 0.25) is 5.91 Å². The van der Waals surface area contributed by atoms with E-state index in [0.29, 0.717) is 0 Å². The van der Waals surface area contributed by atoms with Crippen LogP contribution in [0, 0.1) is 17.6 Å². The summed E-state index contributed by atoms with van der Waals surface area (Å²) in [5.74, 6) is -3.95. The molecular weight excluding hydrogens is 292 g/mol. The Hall–Kier alpha value is -1.70. The number of carbonyl (C=O) groups excluding carboxylic acids is 1. The van der Waals surface area contributed by atoms with Gasteiger partial charge in [-0.05, 0) is 6.42 Å². The Morgan fingerprint density at radius 1 is 1.35 bits per heavy atom. The summed E-state index contributed by atoms with van der Waals surface area (Å²) >= 11 is 0. The number of anilines is 1. The molecule has 1 aromatic carbocycles. The lowest BCUT2D eigenvalue weighted by Gasteiger charge is -2.11. The first kappa shape index (κ1) is 14.7. The van der Waals surface area contributed by atoms with Crippen LogP contribution >= 0.6 is 0 Å². The summed E-state index contributed by atoms with van der Waals surface area (Å²) in [4.78, 5) is 11.8. The van der Waals surface area contributed by atoms with E-state index in [4.69, 9.17) is 0 Å². The number of halogens is 2. The molecule has 5 nitrogen and oxygen atoms in total. The minimum Gasteiger partial charge on any atom is -0.491 e.